The van der Waals surface area contributed by atoms with Gasteiger partial charge in [0.15, 0.2) is 6.10 Å². The zero-order chi connectivity index (χ0) is 48.5. The van der Waals surface area contributed by atoms with Gasteiger partial charge in [-0.1, -0.05) is 341 Å². The predicted octanol–water partition coefficient (Wildman–Crippen LogP) is 20.9. The Labute approximate surface area is 420 Å². The Hall–Kier alpha value is -1.10. The molecular formula is C62H122O5. The minimum atomic E-state index is -0.763. The Balaban J connectivity index is 3.30. The van der Waals surface area contributed by atoms with Crippen LogP contribution in [0.3, 0.4) is 0 Å². The Morgan fingerprint density at radius 2 is 0.463 bits per heavy atom. The first-order chi connectivity index (χ1) is 33.1. The SMILES string of the molecule is CCCCCCCCCCCCCCCCCCCCCCCCCCCCCCCCCCCCCCCCCCC(=O)OC(CO)COC(=O)CCCCCCCCCCCCCCC. The van der Waals surface area contributed by atoms with Crippen molar-refractivity contribution in [3.63, 3.8) is 0 Å². The fraction of sp³-hybridized carbons (Fsp3) is 0.968. The Kier molecular flexibility index (Phi) is 58.2. The average molecular weight is 948 g/mol. The summed E-state index contributed by atoms with van der Waals surface area (Å²) in [6.45, 7) is 4.19. The van der Waals surface area contributed by atoms with Gasteiger partial charge in [-0.2, -0.15) is 0 Å². The van der Waals surface area contributed by atoms with E-state index in [1.807, 2.05) is 0 Å². The number of ether oxygens (including phenoxy) is 2. The van der Waals surface area contributed by atoms with Gasteiger partial charge in [-0.3, -0.25) is 9.59 Å². The van der Waals surface area contributed by atoms with Gasteiger partial charge in [0.25, 0.3) is 0 Å². The first-order valence-corrected chi connectivity index (χ1v) is 31.1. The molecule has 5 nitrogen and oxygen atoms in total. The van der Waals surface area contributed by atoms with E-state index in [-0.39, 0.29) is 25.2 Å². The molecular weight excluding hydrogens is 825 g/mol. The average Bonchev–Trinajstić information content (AvgIpc) is 3.33. The third-order valence-corrected chi connectivity index (χ3v) is 14.7. The third-order valence-electron chi connectivity index (χ3n) is 14.7. The molecule has 1 unspecified atom stereocenters. The summed E-state index contributed by atoms with van der Waals surface area (Å²) in [6, 6.07) is 0. The maximum atomic E-state index is 12.3. The van der Waals surface area contributed by atoms with E-state index in [1.54, 1.807) is 0 Å². The molecule has 0 bridgehead atoms. The van der Waals surface area contributed by atoms with Gasteiger partial charge < -0.3 is 14.6 Å². The lowest BCUT2D eigenvalue weighted by atomic mass is 10.0. The van der Waals surface area contributed by atoms with Crippen LogP contribution in [0, 0.1) is 0 Å². The lowest BCUT2D eigenvalue weighted by molar-refractivity contribution is -0.161. The summed E-state index contributed by atoms with van der Waals surface area (Å²) < 4.78 is 10.7. The van der Waals surface area contributed by atoms with Gasteiger partial charge in [-0.15, -0.1) is 0 Å². The van der Waals surface area contributed by atoms with Crippen molar-refractivity contribution >= 4 is 11.9 Å². The van der Waals surface area contributed by atoms with E-state index in [0.717, 1.165) is 32.1 Å². The van der Waals surface area contributed by atoms with Crippen molar-refractivity contribution in [2.75, 3.05) is 13.2 Å². The van der Waals surface area contributed by atoms with Crippen LogP contribution in [0.15, 0.2) is 0 Å². The first kappa shape index (κ1) is 65.9. The highest BCUT2D eigenvalue weighted by Gasteiger charge is 2.16. The van der Waals surface area contributed by atoms with E-state index in [2.05, 4.69) is 13.8 Å². The van der Waals surface area contributed by atoms with E-state index < -0.39 is 6.10 Å². The first-order valence-electron chi connectivity index (χ1n) is 31.1. The molecule has 1 atom stereocenters. The lowest BCUT2D eigenvalue weighted by Gasteiger charge is -2.15. The summed E-state index contributed by atoms with van der Waals surface area (Å²) in [5.41, 5.74) is 0. The van der Waals surface area contributed by atoms with E-state index in [0.29, 0.717) is 12.8 Å². The summed E-state index contributed by atoms with van der Waals surface area (Å²) in [7, 11) is 0. The second kappa shape index (κ2) is 59.2. The van der Waals surface area contributed by atoms with Crippen LogP contribution >= 0.6 is 0 Å². The fourth-order valence-electron chi connectivity index (χ4n) is 9.97. The molecule has 0 aliphatic rings. The largest absolute Gasteiger partial charge is 0.462 e. The van der Waals surface area contributed by atoms with Crippen LogP contribution < -0.4 is 0 Å². The summed E-state index contributed by atoms with van der Waals surface area (Å²) in [6.07, 6.45) is 72.8. The predicted molar refractivity (Wildman–Crippen MR) is 293 cm³/mol. The zero-order valence-corrected chi connectivity index (χ0v) is 46.0. The number of aliphatic hydroxyl groups is 1. The summed E-state index contributed by atoms with van der Waals surface area (Å²) in [5, 5.41) is 9.63. The molecule has 5 heteroatoms. The number of rotatable bonds is 59. The van der Waals surface area contributed by atoms with Crippen molar-refractivity contribution in [3.8, 4) is 0 Å². The standard InChI is InChI=1S/C62H122O5/c1-3-5-7-9-11-13-15-17-18-19-20-21-22-23-24-25-26-27-28-29-30-31-32-33-34-35-36-37-38-39-40-41-42-43-45-47-49-51-53-55-57-62(65)67-60(58-63)59-66-61(64)56-54-52-50-48-46-44-16-14-12-10-8-6-4-2/h60,63H,3-59H2,1-2H3. The molecule has 0 radical (unpaired) electrons. The molecule has 0 heterocycles. The number of unbranched alkanes of at least 4 members (excludes halogenated alkanes) is 51. The minimum absolute atomic E-state index is 0.0563. The van der Waals surface area contributed by atoms with Crippen molar-refractivity contribution < 1.29 is 24.2 Å². The molecule has 0 aliphatic carbocycles. The molecule has 0 spiro atoms. The smallest absolute Gasteiger partial charge is 0.306 e. The number of carbonyl (C=O) groups excluding carboxylic acids is 2. The number of esters is 2. The molecule has 0 rings (SSSR count). The second-order valence-corrected chi connectivity index (χ2v) is 21.5. The summed E-state index contributed by atoms with van der Waals surface area (Å²) >= 11 is 0. The van der Waals surface area contributed by atoms with E-state index in [1.165, 1.54) is 308 Å². The normalized spacial score (nSPS) is 12.0. The van der Waals surface area contributed by atoms with Crippen LogP contribution in [-0.4, -0.2) is 36.4 Å². The zero-order valence-electron chi connectivity index (χ0n) is 46.0. The second-order valence-electron chi connectivity index (χ2n) is 21.5. The summed E-state index contributed by atoms with van der Waals surface area (Å²) in [5.74, 6) is -0.567. The van der Waals surface area contributed by atoms with Crippen LogP contribution in [0.1, 0.15) is 367 Å². The number of hydrogen-bond donors (Lipinski definition) is 1. The van der Waals surface area contributed by atoms with Crippen LogP contribution in [0.5, 0.6) is 0 Å². The van der Waals surface area contributed by atoms with Crippen LogP contribution in [0.4, 0.5) is 0 Å². The van der Waals surface area contributed by atoms with Crippen molar-refractivity contribution in [2.45, 2.75) is 373 Å². The highest BCUT2D eigenvalue weighted by molar-refractivity contribution is 5.70. The highest BCUT2D eigenvalue weighted by atomic mass is 16.6. The number of aliphatic hydroxyl groups excluding tert-OH is 1. The molecule has 400 valence electrons. The highest BCUT2D eigenvalue weighted by Crippen LogP contribution is 2.19. The van der Waals surface area contributed by atoms with E-state index >= 15 is 0 Å². The molecule has 0 aromatic rings. The van der Waals surface area contributed by atoms with Crippen molar-refractivity contribution in [1.29, 1.82) is 0 Å². The molecule has 67 heavy (non-hydrogen) atoms. The molecule has 1 N–H and O–H groups in total. The van der Waals surface area contributed by atoms with E-state index in [4.69, 9.17) is 9.47 Å². The van der Waals surface area contributed by atoms with Gasteiger partial charge in [0.05, 0.1) is 6.61 Å². The molecule has 0 aromatic heterocycles. The Morgan fingerprint density at radius 3 is 0.657 bits per heavy atom. The molecule has 0 aliphatic heterocycles. The number of carbonyl (C=O) groups is 2. The van der Waals surface area contributed by atoms with Gasteiger partial charge >= 0.3 is 11.9 Å². The molecule has 0 aromatic carbocycles. The number of hydrogen-bond acceptors (Lipinski definition) is 5. The maximum Gasteiger partial charge on any atom is 0.306 e. The van der Waals surface area contributed by atoms with Gasteiger partial charge in [-0.25, -0.2) is 0 Å². The topological polar surface area (TPSA) is 72.8 Å². The maximum absolute atomic E-state index is 12.3. The van der Waals surface area contributed by atoms with Crippen LogP contribution in [-0.2, 0) is 19.1 Å². The summed E-state index contributed by atoms with van der Waals surface area (Å²) in [4.78, 5) is 24.4. The van der Waals surface area contributed by atoms with Crippen LogP contribution in [0.2, 0.25) is 0 Å². The van der Waals surface area contributed by atoms with Gasteiger partial charge in [0.1, 0.15) is 6.61 Å². The quantitative estimate of drug-likeness (QED) is 0.0486. The molecule has 0 saturated heterocycles. The molecule has 0 fully saturated rings. The fourth-order valence-corrected chi connectivity index (χ4v) is 9.97. The van der Waals surface area contributed by atoms with Gasteiger partial charge in [0, 0.05) is 12.8 Å². The Bertz CT molecular complexity index is 937. The van der Waals surface area contributed by atoms with E-state index in [9.17, 15) is 14.7 Å². The lowest BCUT2D eigenvalue weighted by Crippen LogP contribution is -2.28. The Morgan fingerprint density at radius 1 is 0.284 bits per heavy atom. The van der Waals surface area contributed by atoms with Crippen LogP contribution in [0.25, 0.3) is 0 Å². The minimum Gasteiger partial charge on any atom is -0.462 e. The molecule has 0 saturated carbocycles. The van der Waals surface area contributed by atoms with Gasteiger partial charge in [-0.05, 0) is 12.8 Å². The van der Waals surface area contributed by atoms with Crippen molar-refractivity contribution in [2.24, 2.45) is 0 Å². The molecule has 0 amide bonds. The van der Waals surface area contributed by atoms with Gasteiger partial charge in [0.2, 0.25) is 0 Å². The monoisotopic (exact) mass is 947 g/mol. The third kappa shape index (κ3) is 57.4. The van der Waals surface area contributed by atoms with Crippen molar-refractivity contribution in [3.05, 3.63) is 0 Å². The van der Waals surface area contributed by atoms with Crippen molar-refractivity contribution in [1.82, 2.24) is 0 Å².